The number of hydrogen-bond donors (Lipinski definition) is 1. The molecule has 0 aromatic carbocycles. The van der Waals surface area contributed by atoms with Crippen molar-refractivity contribution in [3.63, 3.8) is 0 Å². The first-order valence-electron chi connectivity index (χ1n) is 6.55. The maximum atomic E-state index is 4.14. The van der Waals surface area contributed by atoms with Crippen LogP contribution in [0.5, 0.6) is 0 Å². The SMILES string of the molecule is Cn1cncc1CNC1CCCCCCC1. The van der Waals surface area contributed by atoms with E-state index < -0.39 is 0 Å². The van der Waals surface area contributed by atoms with Gasteiger partial charge in [0, 0.05) is 25.8 Å². The molecule has 0 spiro atoms. The molecule has 1 aromatic rings. The average Bonchev–Trinajstić information content (AvgIpc) is 2.63. The quantitative estimate of drug-likeness (QED) is 0.850. The Bertz CT molecular complexity index is 298. The Labute approximate surface area is 98.3 Å². The lowest BCUT2D eigenvalue weighted by Gasteiger charge is -2.21. The fourth-order valence-corrected chi connectivity index (χ4v) is 2.46. The van der Waals surface area contributed by atoms with Crippen LogP contribution >= 0.6 is 0 Å². The van der Waals surface area contributed by atoms with Gasteiger partial charge in [0.2, 0.25) is 0 Å². The Hall–Kier alpha value is -0.830. The lowest BCUT2D eigenvalue weighted by atomic mass is 9.97. The van der Waals surface area contributed by atoms with Crippen LogP contribution in [-0.4, -0.2) is 15.6 Å². The molecule has 0 radical (unpaired) electrons. The minimum absolute atomic E-state index is 0.718. The second kappa shape index (κ2) is 6.04. The van der Waals surface area contributed by atoms with E-state index >= 15 is 0 Å². The third kappa shape index (κ3) is 3.34. The Balaban J connectivity index is 1.77. The average molecular weight is 221 g/mol. The molecule has 90 valence electrons. The van der Waals surface area contributed by atoms with Crippen molar-refractivity contribution in [1.82, 2.24) is 14.9 Å². The van der Waals surface area contributed by atoms with Crippen LogP contribution in [0.4, 0.5) is 0 Å². The summed E-state index contributed by atoms with van der Waals surface area (Å²) in [6.45, 7) is 0.959. The number of aromatic nitrogens is 2. The molecule has 0 atom stereocenters. The summed E-state index contributed by atoms with van der Waals surface area (Å²) in [4.78, 5) is 4.14. The van der Waals surface area contributed by atoms with E-state index in [0.717, 1.165) is 12.6 Å². The van der Waals surface area contributed by atoms with Crippen molar-refractivity contribution in [2.75, 3.05) is 0 Å². The third-order valence-electron chi connectivity index (χ3n) is 3.59. The second-order valence-corrected chi connectivity index (χ2v) is 4.92. The molecule has 1 aliphatic carbocycles. The van der Waals surface area contributed by atoms with E-state index in [1.54, 1.807) is 0 Å². The Kier molecular flexibility index (Phi) is 4.40. The van der Waals surface area contributed by atoms with E-state index in [4.69, 9.17) is 0 Å². The largest absolute Gasteiger partial charge is 0.337 e. The van der Waals surface area contributed by atoms with Crippen molar-refractivity contribution < 1.29 is 0 Å². The number of aryl methyl sites for hydroxylation is 1. The Morgan fingerprint density at radius 1 is 1.25 bits per heavy atom. The molecule has 0 unspecified atom stereocenters. The van der Waals surface area contributed by atoms with Gasteiger partial charge in [-0.15, -0.1) is 0 Å². The molecule has 1 saturated carbocycles. The Morgan fingerprint density at radius 3 is 2.56 bits per heavy atom. The Morgan fingerprint density at radius 2 is 1.94 bits per heavy atom. The zero-order valence-corrected chi connectivity index (χ0v) is 10.3. The zero-order chi connectivity index (χ0) is 11.2. The number of rotatable bonds is 3. The summed E-state index contributed by atoms with van der Waals surface area (Å²) < 4.78 is 2.09. The van der Waals surface area contributed by atoms with Crippen LogP contribution in [0.2, 0.25) is 0 Å². The van der Waals surface area contributed by atoms with Gasteiger partial charge >= 0.3 is 0 Å². The monoisotopic (exact) mass is 221 g/mol. The molecule has 3 nitrogen and oxygen atoms in total. The summed E-state index contributed by atoms with van der Waals surface area (Å²) >= 11 is 0. The van der Waals surface area contributed by atoms with Crippen LogP contribution in [0.3, 0.4) is 0 Å². The fourth-order valence-electron chi connectivity index (χ4n) is 2.46. The minimum Gasteiger partial charge on any atom is -0.337 e. The molecule has 1 aromatic heterocycles. The number of nitrogens with zero attached hydrogens (tertiary/aromatic N) is 2. The van der Waals surface area contributed by atoms with E-state index in [1.807, 2.05) is 12.5 Å². The maximum Gasteiger partial charge on any atom is 0.0945 e. The highest BCUT2D eigenvalue weighted by molar-refractivity contribution is 4.97. The topological polar surface area (TPSA) is 29.9 Å². The van der Waals surface area contributed by atoms with Crippen molar-refractivity contribution in [2.45, 2.75) is 57.5 Å². The molecule has 1 fully saturated rings. The highest BCUT2D eigenvalue weighted by Crippen LogP contribution is 2.17. The first kappa shape index (κ1) is 11.6. The van der Waals surface area contributed by atoms with Crippen LogP contribution in [0.1, 0.15) is 50.6 Å². The highest BCUT2D eigenvalue weighted by atomic mass is 15.0. The second-order valence-electron chi connectivity index (χ2n) is 4.92. The first-order valence-corrected chi connectivity index (χ1v) is 6.55. The van der Waals surface area contributed by atoms with Crippen LogP contribution in [0.15, 0.2) is 12.5 Å². The summed E-state index contributed by atoms with van der Waals surface area (Å²) in [5.74, 6) is 0. The number of imidazole rings is 1. The zero-order valence-electron chi connectivity index (χ0n) is 10.3. The van der Waals surface area contributed by atoms with Crippen LogP contribution in [-0.2, 0) is 13.6 Å². The molecular weight excluding hydrogens is 198 g/mol. The van der Waals surface area contributed by atoms with Crippen LogP contribution < -0.4 is 5.32 Å². The number of nitrogens with one attached hydrogen (secondary N) is 1. The molecule has 16 heavy (non-hydrogen) atoms. The lowest BCUT2D eigenvalue weighted by molar-refractivity contribution is 0.386. The molecule has 1 heterocycles. The van der Waals surface area contributed by atoms with Crippen molar-refractivity contribution in [2.24, 2.45) is 7.05 Å². The fraction of sp³-hybridized carbons (Fsp3) is 0.769. The van der Waals surface area contributed by atoms with Crippen molar-refractivity contribution in [1.29, 1.82) is 0 Å². The standard InChI is InChI=1S/C13H23N3/c1-16-11-14-9-13(16)10-15-12-7-5-3-2-4-6-8-12/h9,11-12,15H,2-8,10H2,1H3. The van der Waals surface area contributed by atoms with Gasteiger partial charge in [0.05, 0.1) is 12.0 Å². The third-order valence-corrected chi connectivity index (χ3v) is 3.59. The van der Waals surface area contributed by atoms with E-state index in [0.29, 0.717) is 0 Å². The minimum atomic E-state index is 0.718. The van der Waals surface area contributed by atoms with E-state index in [1.165, 1.54) is 50.6 Å². The summed E-state index contributed by atoms with van der Waals surface area (Å²) in [6.07, 6.45) is 13.6. The molecule has 3 heteroatoms. The smallest absolute Gasteiger partial charge is 0.0945 e. The van der Waals surface area contributed by atoms with Crippen LogP contribution in [0, 0.1) is 0 Å². The molecule has 0 aliphatic heterocycles. The molecule has 0 saturated heterocycles. The first-order chi connectivity index (χ1) is 7.86. The van der Waals surface area contributed by atoms with Gasteiger partial charge in [-0.2, -0.15) is 0 Å². The molecule has 2 rings (SSSR count). The van der Waals surface area contributed by atoms with Crippen molar-refractivity contribution in [3.05, 3.63) is 18.2 Å². The van der Waals surface area contributed by atoms with Crippen molar-refractivity contribution >= 4 is 0 Å². The van der Waals surface area contributed by atoms with Crippen molar-refractivity contribution in [3.8, 4) is 0 Å². The molecule has 1 N–H and O–H groups in total. The summed E-state index contributed by atoms with van der Waals surface area (Å²) in [5, 5.41) is 3.67. The lowest BCUT2D eigenvalue weighted by Crippen LogP contribution is -2.29. The predicted molar refractivity (Wildman–Crippen MR) is 66.2 cm³/mol. The highest BCUT2D eigenvalue weighted by Gasteiger charge is 2.11. The van der Waals surface area contributed by atoms with Crippen LogP contribution in [0.25, 0.3) is 0 Å². The molecule has 0 bridgehead atoms. The van der Waals surface area contributed by atoms with Gasteiger partial charge in [-0.25, -0.2) is 4.98 Å². The summed E-state index contributed by atoms with van der Waals surface area (Å²) in [7, 11) is 2.06. The van der Waals surface area contributed by atoms with E-state index in [9.17, 15) is 0 Å². The summed E-state index contributed by atoms with van der Waals surface area (Å²) in [6, 6.07) is 0.718. The summed E-state index contributed by atoms with van der Waals surface area (Å²) in [5.41, 5.74) is 1.28. The van der Waals surface area contributed by atoms with Gasteiger partial charge in [0.25, 0.3) is 0 Å². The van der Waals surface area contributed by atoms with Gasteiger partial charge < -0.3 is 9.88 Å². The van der Waals surface area contributed by atoms with Gasteiger partial charge in [-0.1, -0.05) is 32.1 Å². The van der Waals surface area contributed by atoms with Gasteiger partial charge in [-0.05, 0) is 12.8 Å². The number of hydrogen-bond acceptors (Lipinski definition) is 2. The maximum absolute atomic E-state index is 4.14. The van der Waals surface area contributed by atoms with Gasteiger partial charge in [0.1, 0.15) is 0 Å². The van der Waals surface area contributed by atoms with E-state index in [2.05, 4.69) is 21.9 Å². The molecule has 0 amide bonds. The normalized spacial score (nSPS) is 19.3. The van der Waals surface area contributed by atoms with Gasteiger partial charge in [0.15, 0.2) is 0 Å². The van der Waals surface area contributed by atoms with E-state index in [-0.39, 0.29) is 0 Å². The molecular formula is C13H23N3. The predicted octanol–water partition coefficient (Wildman–Crippen LogP) is 2.62. The van der Waals surface area contributed by atoms with Gasteiger partial charge in [-0.3, -0.25) is 0 Å². The molecule has 1 aliphatic rings.